The molecule has 0 bridgehead atoms. The first-order chi connectivity index (χ1) is 19.4. The smallest absolute Gasteiger partial charge is 0.362 e. The highest BCUT2D eigenvalue weighted by Crippen LogP contribution is 2.30. The van der Waals surface area contributed by atoms with Gasteiger partial charge in [-0.25, -0.2) is 4.39 Å². The molecule has 14 heteroatoms. The molecule has 2 aromatic heterocycles. The summed E-state index contributed by atoms with van der Waals surface area (Å²) in [5.74, 6) is -0.913. The summed E-state index contributed by atoms with van der Waals surface area (Å²) in [6.07, 6.45) is -4.51. The van der Waals surface area contributed by atoms with Crippen molar-refractivity contribution in [1.82, 2.24) is 24.1 Å². The summed E-state index contributed by atoms with van der Waals surface area (Å²) in [6, 6.07) is 9.42. The number of halogens is 4. The van der Waals surface area contributed by atoms with Crippen molar-refractivity contribution in [3.05, 3.63) is 76.0 Å². The van der Waals surface area contributed by atoms with Crippen molar-refractivity contribution in [1.29, 1.82) is 0 Å². The van der Waals surface area contributed by atoms with Crippen LogP contribution in [-0.2, 0) is 22.3 Å². The van der Waals surface area contributed by atoms with Crippen molar-refractivity contribution < 1.29 is 27.2 Å². The first-order valence-electron chi connectivity index (χ1n) is 12.7. The Morgan fingerprint density at radius 1 is 0.976 bits per heavy atom. The quantitative estimate of drug-likeness (QED) is 0.369. The highest BCUT2D eigenvalue weighted by atomic mass is 19.4. The lowest BCUT2D eigenvalue weighted by molar-refractivity contribution is -0.137. The number of benzene rings is 2. The molecule has 10 nitrogen and oxygen atoms in total. The molecule has 1 fully saturated rings. The van der Waals surface area contributed by atoms with Crippen LogP contribution >= 0.6 is 0 Å². The molecule has 0 radical (unpaired) electrons. The van der Waals surface area contributed by atoms with Gasteiger partial charge in [-0.15, -0.1) is 5.10 Å². The zero-order valence-corrected chi connectivity index (χ0v) is 22.1. The molecule has 0 atom stereocenters. The van der Waals surface area contributed by atoms with Crippen LogP contribution in [0.5, 0.6) is 0 Å². The SMILES string of the molecule is CC(=O)N1CCN(c2c(C)n(CC(=O)Nc3ccc(C(F)(F)F)cc3)c3nc(-c4ccc(F)cc4)nn3c2=O)CC1. The maximum Gasteiger partial charge on any atom is 0.416 e. The van der Waals surface area contributed by atoms with Crippen molar-refractivity contribution in [3.63, 3.8) is 0 Å². The number of hydrogen-bond acceptors (Lipinski definition) is 6. The maximum absolute atomic E-state index is 13.7. The molecule has 2 amide bonds. The van der Waals surface area contributed by atoms with Gasteiger partial charge in [0.15, 0.2) is 5.82 Å². The fraction of sp³-hybridized carbons (Fsp3) is 0.296. The maximum atomic E-state index is 13.7. The number of aromatic nitrogens is 4. The van der Waals surface area contributed by atoms with E-state index in [1.165, 1.54) is 35.8 Å². The number of hydrogen-bond donors (Lipinski definition) is 1. The number of carbonyl (C=O) groups excluding carboxylic acids is 2. The summed E-state index contributed by atoms with van der Waals surface area (Å²) < 4.78 is 54.8. The Kier molecular flexibility index (Phi) is 7.24. The van der Waals surface area contributed by atoms with E-state index in [2.05, 4.69) is 15.4 Å². The van der Waals surface area contributed by atoms with Crippen LogP contribution in [0.3, 0.4) is 0 Å². The molecule has 1 aliphatic heterocycles. The molecule has 1 N–H and O–H groups in total. The van der Waals surface area contributed by atoms with Crippen LogP contribution in [0.15, 0.2) is 53.3 Å². The average molecular weight is 572 g/mol. The Bertz CT molecular complexity index is 1670. The molecule has 0 saturated carbocycles. The fourth-order valence-corrected chi connectivity index (χ4v) is 4.75. The Balaban J connectivity index is 1.53. The summed E-state index contributed by atoms with van der Waals surface area (Å²) in [4.78, 5) is 46.5. The molecule has 0 aliphatic carbocycles. The highest BCUT2D eigenvalue weighted by molar-refractivity contribution is 5.91. The van der Waals surface area contributed by atoms with Gasteiger partial charge in [-0.05, 0) is 55.5 Å². The normalized spacial score (nSPS) is 14.0. The standard InChI is InChI=1S/C27H25F4N7O3/c1-16-23(36-13-11-35(12-14-36)17(2)39)25(41)38-26(33-24(34-38)18-3-7-20(28)8-4-18)37(16)15-22(40)32-21-9-5-19(6-10-21)27(29,30)31/h3-10H,11-15H2,1-2H3,(H,32,40). The molecule has 214 valence electrons. The van der Waals surface area contributed by atoms with Crippen molar-refractivity contribution in [2.24, 2.45) is 0 Å². The molecular weight excluding hydrogens is 546 g/mol. The van der Waals surface area contributed by atoms with Gasteiger partial charge in [-0.3, -0.25) is 14.4 Å². The van der Waals surface area contributed by atoms with Crippen LogP contribution in [0.4, 0.5) is 28.9 Å². The van der Waals surface area contributed by atoms with E-state index >= 15 is 0 Å². The van der Waals surface area contributed by atoms with Gasteiger partial charge in [0.05, 0.1) is 5.56 Å². The van der Waals surface area contributed by atoms with E-state index < -0.39 is 29.0 Å². The van der Waals surface area contributed by atoms with Gasteiger partial charge in [-0.1, -0.05) is 0 Å². The monoisotopic (exact) mass is 571 g/mol. The van der Waals surface area contributed by atoms with Crippen molar-refractivity contribution in [2.45, 2.75) is 26.6 Å². The predicted molar refractivity (Wildman–Crippen MR) is 142 cm³/mol. The van der Waals surface area contributed by atoms with Gasteiger partial charge in [0.25, 0.3) is 5.56 Å². The molecule has 0 spiro atoms. The second-order valence-electron chi connectivity index (χ2n) is 9.60. The van der Waals surface area contributed by atoms with Gasteiger partial charge in [0.1, 0.15) is 18.0 Å². The van der Waals surface area contributed by atoms with Crippen molar-refractivity contribution in [2.75, 3.05) is 36.4 Å². The van der Waals surface area contributed by atoms with E-state index in [0.717, 1.165) is 28.8 Å². The predicted octanol–water partition coefficient (Wildman–Crippen LogP) is 3.33. The average Bonchev–Trinajstić information content (AvgIpc) is 3.37. The van der Waals surface area contributed by atoms with Crippen molar-refractivity contribution in [3.8, 4) is 11.4 Å². The molecular formula is C27H25F4N7O3. The Morgan fingerprint density at radius 2 is 1.61 bits per heavy atom. The zero-order chi connectivity index (χ0) is 29.5. The zero-order valence-electron chi connectivity index (χ0n) is 22.1. The molecule has 3 heterocycles. The van der Waals surface area contributed by atoms with Crippen LogP contribution in [0.25, 0.3) is 17.2 Å². The third kappa shape index (κ3) is 5.62. The van der Waals surface area contributed by atoms with Crippen molar-refractivity contribution >= 4 is 29.0 Å². The van der Waals surface area contributed by atoms with E-state index in [1.807, 2.05) is 4.90 Å². The van der Waals surface area contributed by atoms with Gasteiger partial charge in [0.2, 0.25) is 17.6 Å². The van der Waals surface area contributed by atoms with E-state index in [4.69, 9.17) is 0 Å². The Labute approximate surface area is 230 Å². The first-order valence-corrected chi connectivity index (χ1v) is 12.7. The number of nitrogens with zero attached hydrogens (tertiary/aromatic N) is 6. The highest BCUT2D eigenvalue weighted by Gasteiger charge is 2.30. The lowest BCUT2D eigenvalue weighted by atomic mass is 10.2. The minimum absolute atomic E-state index is 0.0560. The van der Waals surface area contributed by atoms with Crippen LogP contribution in [0.1, 0.15) is 18.2 Å². The molecule has 4 aromatic rings. The molecule has 41 heavy (non-hydrogen) atoms. The lowest BCUT2D eigenvalue weighted by Gasteiger charge is -2.36. The number of carbonyl (C=O) groups is 2. The van der Waals surface area contributed by atoms with Gasteiger partial charge >= 0.3 is 6.18 Å². The number of nitrogens with one attached hydrogen (secondary N) is 1. The topological polar surface area (TPSA) is 105 Å². The number of fused-ring (bicyclic) bond motifs is 1. The molecule has 5 rings (SSSR count). The van der Waals surface area contributed by atoms with Crippen LogP contribution in [-0.4, -0.2) is 62.1 Å². The van der Waals surface area contributed by atoms with E-state index in [0.29, 0.717) is 37.4 Å². The lowest BCUT2D eigenvalue weighted by Crippen LogP contribution is -2.50. The third-order valence-corrected chi connectivity index (χ3v) is 6.92. The summed E-state index contributed by atoms with van der Waals surface area (Å²) in [5.41, 5.74) is -0.0249. The molecule has 1 aliphatic rings. The van der Waals surface area contributed by atoms with Gasteiger partial charge in [0, 0.05) is 50.0 Å². The van der Waals surface area contributed by atoms with Crippen LogP contribution < -0.4 is 15.8 Å². The summed E-state index contributed by atoms with van der Waals surface area (Å²) >= 11 is 0. The number of anilines is 2. The summed E-state index contributed by atoms with van der Waals surface area (Å²) in [7, 11) is 0. The number of piperazine rings is 1. The third-order valence-electron chi connectivity index (χ3n) is 6.92. The minimum Gasteiger partial charge on any atom is -0.362 e. The molecule has 1 saturated heterocycles. The summed E-state index contributed by atoms with van der Waals surface area (Å²) in [5, 5.41) is 6.93. The number of amides is 2. The number of rotatable bonds is 5. The minimum atomic E-state index is -4.51. The second-order valence-corrected chi connectivity index (χ2v) is 9.60. The van der Waals surface area contributed by atoms with Crippen LogP contribution in [0.2, 0.25) is 0 Å². The molecule has 2 aromatic carbocycles. The Hall–Kier alpha value is -4.75. The largest absolute Gasteiger partial charge is 0.416 e. The summed E-state index contributed by atoms with van der Waals surface area (Å²) in [6.45, 7) is 4.35. The second kappa shape index (κ2) is 10.7. The van der Waals surface area contributed by atoms with Crippen LogP contribution in [0, 0.1) is 12.7 Å². The fourth-order valence-electron chi connectivity index (χ4n) is 4.75. The van der Waals surface area contributed by atoms with Gasteiger partial charge < -0.3 is 19.7 Å². The number of alkyl halides is 3. The van der Waals surface area contributed by atoms with E-state index in [1.54, 1.807) is 11.8 Å². The van der Waals surface area contributed by atoms with Gasteiger partial charge in [-0.2, -0.15) is 22.7 Å². The van der Waals surface area contributed by atoms with E-state index in [9.17, 15) is 31.9 Å². The first kappa shape index (κ1) is 27.8. The Morgan fingerprint density at radius 3 is 2.20 bits per heavy atom. The van der Waals surface area contributed by atoms with E-state index in [-0.39, 0.29) is 35.4 Å². The molecule has 0 unspecified atom stereocenters.